The Bertz CT molecular complexity index is 2310. The fraction of sp³-hybridized carbons (Fsp3) is 0.194. The minimum atomic E-state index is -3.80. The number of benzene rings is 2. The molecule has 4 aromatic heterocycles. The Morgan fingerprint density at radius 1 is 0.723 bits per heavy atom. The number of amides is 1. The quantitative estimate of drug-likeness (QED) is 0.219. The van der Waals surface area contributed by atoms with E-state index in [9.17, 15) is 21.6 Å². The molecule has 1 N–H and O–H groups in total. The number of anilines is 1. The summed E-state index contributed by atoms with van der Waals surface area (Å²) in [4.78, 5) is 28.9. The second-order valence-corrected chi connectivity index (χ2v) is 15.8. The van der Waals surface area contributed by atoms with Crippen molar-refractivity contribution < 1.29 is 26.4 Å². The number of rotatable bonds is 5. The molecule has 2 aromatic carbocycles. The Hall–Kier alpha value is -4.67. The van der Waals surface area contributed by atoms with Crippen LogP contribution in [0.5, 0.6) is 0 Å². The number of ether oxygens (including phenoxy) is 1. The Labute approximate surface area is 279 Å². The summed E-state index contributed by atoms with van der Waals surface area (Å²) in [5.74, 6) is 0.169. The molecule has 0 saturated heterocycles. The molecule has 1 amide bonds. The maximum Gasteiger partial charge on any atom is 0.413 e. The van der Waals surface area contributed by atoms with E-state index in [1.165, 1.54) is 30.9 Å². The first-order valence-corrected chi connectivity index (χ1v) is 17.7. The normalized spacial score (nSPS) is 12.0. The maximum atomic E-state index is 12.8. The molecule has 0 aliphatic heterocycles. The van der Waals surface area contributed by atoms with Gasteiger partial charge in [-0.1, -0.05) is 35.4 Å². The molecule has 6 rings (SSSR count). The molecule has 0 bridgehead atoms. The van der Waals surface area contributed by atoms with E-state index in [-0.39, 0.29) is 21.3 Å². The van der Waals surface area contributed by atoms with Crippen molar-refractivity contribution in [2.24, 2.45) is 0 Å². The maximum absolute atomic E-state index is 12.8. The average molecular weight is 741 g/mol. The smallest absolute Gasteiger partial charge is 0.413 e. The molecular weight excluding hydrogens is 710 g/mol. The number of hydrogen-bond donors (Lipinski definition) is 1. The van der Waals surface area contributed by atoms with E-state index in [4.69, 9.17) is 4.74 Å². The van der Waals surface area contributed by atoms with Gasteiger partial charge in [0.2, 0.25) is 0 Å². The predicted molar refractivity (Wildman–Crippen MR) is 180 cm³/mol. The van der Waals surface area contributed by atoms with Crippen LogP contribution in [-0.4, -0.2) is 56.4 Å². The van der Waals surface area contributed by atoms with Crippen molar-refractivity contribution in [1.82, 2.24) is 27.9 Å². The second kappa shape index (κ2) is 12.8. The predicted octanol–water partition coefficient (Wildman–Crippen LogP) is 6.06. The molecule has 4 heterocycles. The second-order valence-electron chi connectivity index (χ2n) is 11.4. The van der Waals surface area contributed by atoms with E-state index in [1.807, 2.05) is 13.8 Å². The highest BCUT2D eigenvalue weighted by molar-refractivity contribution is 9.10. The lowest BCUT2D eigenvalue weighted by Gasteiger charge is -2.19. The minimum Gasteiger partial charge on any atom is -0.444 e. The third kappa shape index (κ3) is 7.50. The van der Waals surface area contributed by atoms with E-state index < -0.39 is 31.7 Å². The zero-order valence-corrected chi connectivity index (χ0v) is 29.1. The number of halogens is 1. The fourth-order valence-corrected chi connectivity index (χ4v) is 7.14. The average Bonchev–Trinajstić information content (AvgIpc) is 3.61. The largest absolute Gasteiger partial charge is 0.444 e. The highest BCUT2D eigenvalue weighted by atomic mass is 79.9. The first kappa shape index (κ1) is 33.7. The third-order valence-corrected chi connectivity index (χ3v) is 10.2. The lowest BCUT2D eigenvalue weighted by Crippen LogP contribution is -2.27. The van der Waals surface area contributed by atoms with Gasteiger partial charge in [-0.15, -0.1) is 0 Å². The van der Waals surface area contributed by atoms with Crippen molar-refractivity contribution in [3.05, 3.63) is 101 Å². The molecule has 13 nitrogen and oxygen atoms in total. The van der Waals surface area contributed by atoms with Crippen molar-refractivity contribution in [1.29, 1.82) is 0 Å². The van der Waals surface area contributed by atoms with Crippen molar-refractivity contribution in [2.45, 2.75) is 50.0 Å². The molecule has 0 radical (unpaired) electrons. The zero-order chi connectivity index (χ0) is 34.1. The van der Waals surface area contributed by atoms with Gasteiger partial charge in [0.15, 0.2) is 17.1 Å². The van der Waals surface area contributed by atoms with E-state index in [1.54, 1.807) is 75.4 Å². The fourth-order valence-electron chi connectivity index (χ4n) is 4.26. The molecule has 0 spiro atoms. The number of aryl methyl sites for hydroxylation is 2. The van der Waals surface area contributed by atoms with Gasteiger partial charge in [0.1, 0.15) is 21.2 Å². The summed E-state index contributed by atoms with van der Waals surface area (Å²) in [6.07, 6.45) is 4.95. The summed E-state index contributed by atoms with van der Waals surface area (Å²) < 4.78 is 58.8. The van der Waals surface area contributed by atoms with Gasteiger partial charge in [0, 0.05) is 12.4 Å². The Morgan fingerprint density at radius 3 is 1.64 bits per heavy atom. The summed E-state index contributed by atoms with van der Waals surface area (Å²) in [6, 6.07) is 16.4. The van der Waals surface area contributed by atoms with Crippen molar-refractivity contribution >= 4 is 70.2 Å². The zero-order valence-electron chi connectivity index (χ0n) is 25.9. The monoisotopic (exact) mass is 739 g/mol. The summed E-state index contributed by atoms with van der Waals surface area (Å²) in [5, 5.41) is 2.48. The van der Waals surface area contributed by atoms with E-state index in [2.05, 4.69) is 41.2 Å². The molecule has 0 unspecified atom stereocenters. The first-order chi connectivity index (χ1) is 22.0. The van der Waals surface area contributed by atoms with Gasteiger partial charge in [-0.25, -0.2) is 49.5 Å². The van der Waals surface area contributed by atoms with Gasteiger partial charge in [-0.3, -0.25) is 5.32 Å². The number of carbonyl (C=O) groups excluding carboxylic acids is 1. The molecular formula is C31H30BrN7O6S2. The van der Waals surface area contributed by atoms with Crippen LogP contribution in [0.15, 0.2) is 99.8 Å². The van der Waals surface area contributed by atoms with Crippen LogP contribution in [0.4, 0.5) is 10.6 Å². The van der Waals surface area contributed by atoms with Crippen LogP contribution in [-0.2, 0) is 24.8 Å². The third-order valence-electron chi connectivity index (χ3n) is 6.47. The standard InChI is InChI=1S/C18H20N4O4S.C13H10BrN3O2S/c1-12-5-7-13(8-6-12)27(24,25)22-10-9-14-16(22)19-11-15(20-14)21-17(23)26-18(2,3)4;1-9-2-4-10(5-3-9)20(18,19)17-7-6-11-13(17)15-8-12(14)16-11/h5-11H,1-4H3,(H,20,21,23);2-8H,1H3. The molecule has 244 valence electrons. The molecule has 6 aromatic rings. The van der Waals surface area contributed by atoms with Crippen molar-refractivity contribution in [3.8, 4) is 0 Å². The molecule has 0 aliphatic rings. The highest BCUT2D eigenvalue weighted by Crippen LogP contribution is 2.23. The highest BCUT2D eigenvalue weighted by Gasteiger charge is 2.22. The Morgan fingerprint density at radius 2 is 1.17 bits per heavy atom. The summed E-state index contributed by atoms with van der Waals surface area (Å²) in [5.41, 5.74) is 2.66. The van der Waals surface area contributed by atoms with Crippen LogP contribution < -0.4 is 5.32 Å². The summed E-state index contributed by atoms with van der Waals surface area (Å²) in [6.45, 7) is 9.03. The SMILES string of the molecule is Cc1ccc(S(=O)(=O)n2ccc3nc(Br)cnc32)cc1.Cc1ccc(S(=O)(=O)n2ccc3nc(NC(=O)OC(C)(C)C)cnc32)cc1. The molecule has 47 heavy (non-hydrogen) atoms. The van der Waals surface area contributed by atoms with Gasteiger partial charge < -0.3 is 4.74 Å². The first-order valence-electron chi connectivity index (χ1n) is 14.0. The lowest BCUT2D eigenvalue weighted by molar-refractivity contribution is 0.0635. The van der Waals surface area contributed by atoms with E-state index in [0.717, 1.165) is 19.1 Å². The summed E-state index contributed by atoms with van der Waals surface area (Å²) in [7, 11) is -7.45. The number of nitrogens with zero attached hydrogens (tertiary/aromatic N) is 6. The molecule has 0 fully saturated rings. The Kier molecular flexibility index (Phi) is 9.21. The van der Waals surface area contributed by atoms with Crippen molar-refractivity contribution in [2.75, 3.05) is 5.32 Å². The number of hydrogen-bond acceptors (Lipinski definition) is 10. The Balaban J connectivity index is 0.000000193. The molecule has 16 heteroatoms. The lowest BCUT2D eigenvalue weighted by atomic mass is 10.2. The van der Waals surface area contributed by atoms with E-state index >= 15 is 0 Å². The molecule has 0 saturated carbocycles. The van der Waals surface area contributed by atoms with Crippen LogP contribution in [0.25, 0.3) is 22.3 Å². The van der Waals surface area contributed by atoms with Gasteiger partial charge in [0.25, 0.3) is 20.0 Å². The minimum absolute atomic E-state index is 0.156. The topological polar surface area (TPSA) is 168 Å². The summed E-state index contributed by atoms with van der Waals surface area (Å²) >= 11 is 3.21. The van der Waals surface area contributed by atoms with Crippen LogP contribution in [0.3, 0.4) is 0 Å². The number of nitrogens with one attached hydrogen (secondary N) is 1. The number of aromatic nitrogens is 6. The van der Waals surface area contributed by atoms with Gasteiger partial charge in [-0.05, 0) is 86.9 Å². The van der Waals surface area contributed by atoms with Crippen LogP contribution in [0.2, 0.25) is 0 Å². The number of fused-ring (bicyclic) bond motifs is 2. The van der Waals surface area contributed by atoms with Crippen molar-refractivity contribution in [3.63, 3.8) is 0 Å². The molecule has 0 atom stereocenters. The van der Waals surface area contributed by atoms with Gasteiger partial charge in [-0.2, -0.15) is 0 Å². The van der Waals surface area contributed by atoms with Crippen LogP contribution >= 0.6 is 15.9 Å². The van der Waals surface area contributed by atoms with Crippen LogP contribution in [0.1, 0.15) is 31.9 Å². The van der Waals surface area contributed by atoms with Gasteiger partial charge in [0.05, 0.1) is 22.2 Å². The molecule has 0 aliphatic carbocycles. The number of carbonyl (C=O) groups is 1. The van der Waals surface area contributed by atoms with Gasteiger partial charge >= 0.3 is 6.09 Å². The van der Waals surface area contributed by atoms with Crippen LogP contribution in [0, 0.1) is 13.8 Å². The van der Waals surface area contributed by atoms with E-state index in [0.29, 0.717) is 21.3 Å².